The van der Waals surface area contributed by atoms with E-state index in [0.717, 1.165) is 5.69 Å². The molecule has 0 bridgehead atoms. The van der Waals surface area contributed by atoms with Crippen molar-refractivity contribution in [2.24, 2.45) is 0 Å². The molecule has 1 heterocycles. The summed E-state index contributed by atoms with van der Waals surface area (Å²) in [6.07, 6.45) is 1.57. The van der Waals surface area contributed by atoms with Gasteiger partial charge in [-0.25, -0.2) is 4.98 Å². The molecule has 0 aliphatic heterocycles. The number of nitriles is 1. The zero-order valence-electron chi connectivity index (χ0n) is 10.9. The molecule has 0 unspecified atom stereocenters. The van der Waals surface area contributed by atoms with E-state index < -0.39 is 0 Å². The summed E-state index contributed by atoms with van der Waals surface area (Å²) in [5, 5.41) is 12.9. The molecule has 1 aromatic heterocycles. The van der Waals surface area contributed by atoms with E-state index in [1.807, 2.05) is 30.3 Å². The van der Waals surface area contributed by atoms with E-state index in [4.69, 9.17) is 16.0 Å². The highest BCUT2D eigenvalue weighted by molar-refractivity contribution is 6.31. The fraction of sp³-hybridized carbons (Fsp3) is 0. The van der Waals surface area contributed by atoms with Crippen molar-refractivity contribution < 1.29 is 4.42 Å². The van der Waals surface area contributed by atoms with Crippen LogP contribution in [0, 0.1) is 11.3 Å². The minimum Gasteiger partial charge on any atom is -0.435 e. The normalized spacial score (nSPS) is 11.3. The van der Waals surface area contributed by atoms with Gasteiger partial charge < -0.3 is 9.73 Å². The summed E-state index contributed by atoms with van der Waals surface area (Å²) in [5.74, 6) is 0.262. The summed E-state index contributed by atoms with van der Waals surface area (Å²) in [7, 11) is 0. The Morgan fingerprint density at radius 2 is 2.05 bits per heavy atom. The van der Waals surface area contributed by atoms with Crippen molar-refractivity contribution in [1.82, 2.24) is 4.98 Å². The summed E-state index contributed by atoms with van der Waals surface area (Å²) in [6, 6.07) is 16.8. The number of halogens is 1. The van der Waals surface area contributed by atoms with Gasteiger partial charge in [0.1, 0.15) is 17.2 Å². The van der Waals surface area contributed by atoms with E-state index in [0.29, 0.717) is 21.7 Å². The van der Waals surface area contributed by atoms with Crippen LogP contribution in [0.4, 0.5) is 5.69 Å². The molecule has 2 aromatic carbocycles. The molecule has 102 valence electrons. The minimum absolute atomic E-state index is 0.262. The molecule has 21 heavy (non-hydrogen) atoms. The molecule has 0 radical (unpaired) electrons. The second-order valence-electron chi connectivity index (χ2n) is 4.31. The molecule has 0 atom stereocenters. The van der Waals surface area contributed by atoms with Crippen LogP contribution >= 0.6 is 11.6 Å². The number of aromatic nitrogens is 1. The first-order valence-electron chi connectivity index (χ1n) is 6.24. The molecule has 1 N–H and O–H groups in total. The third kappa shape index (κ3) is 2.88. The Kier molecular flexibility index (Phi) is 3.59. The van der Waals surface area contributed by atoms with E-state index >= 15 is 0 Å². The molecule has 0 aliphatic rings. The number of nitrogens with one attached hydrogen (secondary N) is 1. The molecule has 3 rings (SSSR count). The zero-order valence-corrected chi connectivity index (χ0v) is 11.6. The standard InChI is InChI=1S/C16H10ClN3O/c17-12-6-7-15-14(8-12)20-16(21-15)11(9-18)10-19-13-4-2-1-3-5-13/h1-8,10,19H. The Morgan fingerprint density at radius 3 is 2.81 bits per heavy atom. The first-order valence-corrected chi connectivity index (χ1v) is 6.62. The summed E-state index contributed by atoms with van der Waals surface area (Å²) in [5.41, 5.74) is 2.41. The van der Waals surface area contributed by atoms with Crippen molar-refractivity contribution >= 4 is 34.0 Å². The molecule has 4 nitrogen and oxygen atoms in total. The summed E-state index contributed by atoms with van der Waals surface area (Å²) < 4.78 is 5.56. The molecule has 0 fully saturated rings. The minimum atomic E-state index is 0.262. The first-order chi connectivity index (χ1) is 10.3. The second-order valence-corrected chi connectivity index (χ2v) is 4.75. The lowest BCUT2D eigenvalue weighted by atomic mass is 10.3. The maximum absolute atomic E-state index is 9.25. The Hall–Kier alpha value is -2.77. The van der Waals surface area contributed by atoms with Gasteiger partial charge in [-0.05, 0) is 30.3 Å². The molecule has 0 saturated carbocycles. The van der Waals surface area contributed by atoms with Gasteiger partial charge in [-0.1, -0.05) is 29.8 Å². The third-order valence-corrected chi connectivity index (χ3v) is 3.09. The van der Waals surface area contributed by atoms with Crippen molar-refractivity contribution in [2.75, 3.05) is 5.32 Å². The van der Waals surface area contributed by atoms with Gasteiger partial charge in [0.25, 0.3) is 0 Å². The molecule has 3 aromatic rings. The number of benzene rings is 2. The molecular weight excluding hydrogens is 286 g/mol. The van der Waals surface area contributed by atoms with E-state index in [2.05, 4.69) is 16.4 Å². The third-order valence-electron chi connectivity index (χ3n) is 2.86. The number of oxazole rings is 1. The summed E-state index contributed by atoms with van der Waals surface area (Å²) >= 11 is 5.91. The van der Waals surface area contributed by atoms with Crippen LogP contribution < -0.4 is 5.32 Å². The Bertz CT molecular complexity index is 847. The predicted octanol–water partition coefficient (Wildman–Crippen LogP) is 4.46. The SMILES string of the molecule is N#CC(=CNc1ccccc1)c1nc2cc(Cl)ccc2o1. The van der Waals surface area contributed by atoms with Crippen LogP contribution in [0.25, 0.3) is 16.7 Å². The van der Waals surface area contributed by atoms with Gasteiger partial charge in [0.05, 0.1) is 0 Å². The Morgan fingerprint density at radius 1 is 1.24 bits per heavy atom. The summed E-state index contributed by atoms with van der Waals surface area (Å²) in [4.78, 5) is 4.28. The average Bonchev–Trinajstić information content (AvgIpc) is 2.92. The quantitative estimate of drug-likeness (QED) is 0.725. The molecule has 0 amide bonds. The number of anilines is 1. The van der Waals surface area contributed by atoms with Crippen molar-refractivity contribution in [3.8, 4) is 6.07 Å². The molecule has 0 saturated heterocycles. The van der Waals surface area contributed by atoms with Gasteiger partial charge >= 0.3 is 0 Å². The Labute approximate surface area is 126 Å². The van der Waals surface area contributed by atoms with Crippen LogP contribution in [0.3, 0.4) is 0 Å². The van der Waals surface area contributed by atoms with Crippen LogP contribution in [0.5, 0.6) is 0 Å². The number of nitrogens with zero attached hydrogens (tertiary/aromatic N) is 2. The van der Waals surface area contributed by atoms with Gasteiger partial charge in [0.2, 0.25) is 5.89 Å². The largest absolute Gasteiger partial charge is 0.435 e. The van der Waals surface area contributed by atoms with Gasteiger partial charge in [-0.3, -0.25) is 0 Å². The fourth-order valence-electron chi connectivity index (χ4n) is 1.85. The zero-order chi connectivity index (χ0) is 14.7. The monoisotopic (exact) mass is 295 g/mol. The molecule has 0 aliphatic carbocycles. The lowest BCUT2D eigenvalue weighted by molar-refractivity contribution is 0.586. The second kappa shape index (κ2) is 5.70. The Balaban J connectivity index is 1.93. The van der Waals surface area contributed by atoms with Crippen molar-refractivity contribution in [3.63, 3.8) is 0 Å². The number of allylic oxidation sites excluding steroid dienone is 1. The summed E-state index contributed by atoms with van der Waals surface area (Å²) in [6.45, 7) is 0. The number of para-hydroxylation sites is 1. The topological polar surface area (TPSA) is 61.9 Å². The number of fused-ring (bicyclic) bond motifs is 1. The lowest BCUT2D eigenvalue weighted by Crippen LogP contribution is -1.90. The van der Waals surface area contributed by atoms with E-state index in [9.17, 15) is 5.26 Å². The highest BCUT2D eigenvalue weighted by atomic mass is 35.5. The smallest absolute Gasteiger partial charge is 0.239 e. The van der Waals surface area contributed by atoms with Crippen LogP contribution in [0.1, 0.15) is 5.89 Å². The van der Waals surface area contributed by atoms with Gasteiger partial charge in [-0.15, -0.1) is 0 Å². The van der Waals surface area contributed by atoms with Crippen LogP contribution in [-0.4, -0.2) is 4.98 Å². The number of hydrogen-bond donors (Lipinski definition) is 1. The maximum atomic E-state index is 9.25. The first kappa shape index (κ1) is 13.2. The van der Waals surface area contributed by atoms with Crippen LogP contribution in [0.15, 0.2) is 59.1 Å². The number of rotatable bonds is 3. The van der Waals surface area contributed by atoms with Crippen LogP contribution in [-0.2, 0) is 0 Å². The highest BCUT2D eigenvalue weighted by Gasteiger charge is 2.10. The number of hydrogen-bond acceptors (Lipinski definition) is 4. The van der Waals surface area contributed by atoms with Crippen molar-refractivity contribution in [3.05, 3.63) is 65.6 Å². The average molecular weight is 296 g/mol. The fourth-order valence-corrected chi connectivity index (χ4v) is 2.01. The lowest BCUT2D eigenvalue weighted by Gasteiger charge is -1.99. The van der Waals surface area contributed by atoms with E-state index in [-0.39, 0.29) is 5.89 Å². The van der Waals surface area contributed by atoms with Gasteiger partial charge in [0.15, 0.2) is 5.58 Å². The van der Waals surface area contributed by atoms with Crippen molar-refractivity contribution in [1.29, 1.82) is 5.26 Å². The maximum Gasteiger partial charge on any atom is 0.239 e. The highest BCUT2D eigenvalue weighted by Crippen LogP contribution is 2.23. The van der Waals surface area contributed by atoms with E-state index in [1.54, 1.807) is 24.4 Å². The predicted molar refractivity (Wildman–Crippen MR) is 82.7 cm³/mol. The van der Waals surface area contributed by atoms with E-state index in [1.165, 1.54) is 0 Å². The van der Waals surface area contributed by atoms with Crippen molar-refractivity contribution in [2.45, 2.75) is 0 Å². The molecule has 5 heteroatoms. The van der Waals surface area contributed by atoms with Crippen LogP contribution in [0.2, 0.25) is 5.02 Å². The van der Waals surface area contributed by atoms with Gasteiger partial charge in [0, 0.05) is 16.9 Å². The molecule has 0 spiro atoms. The van der Waals surface area contributed by atoms with Gasteiger partial charge in [-0.2, -0.15) is 5.26 Å². The molecular formula is C16H10ClN3O.